The van der Waals surface area contributed by atoms with Crippen molar-refractivity contribution in [3.8, 4) is 0 Å². The maximum atomic E-state index is 10.2. The van der Waals surface area contributed by atoms with E-state index in [0.717, 1.165) is 31.7 Å². The molecule has 1 saturated heterocycles. The molecule has 2 aromatic rings. The molecule has 0 amide bonds. The van der Waals surface area contributed by atoms with Gasteiger partial charge in [0.2, 0.25) is 5.89 Å². The van der Waals surface area contributed by atoms with Crippen molar-refractivity contribution in [2.75, 3.05) is 39.3 Å². The van der Waals surface area contributed by atoms with E-state index >= 15 is 0 Å². The Morgan fingerprint density at radius 1 is 1.16 bits per heavy atom. The summed E-state index contributed by atoms with van der Waals surface area (Å²) in [6.45, 7) is 7.75. The first-order valence-electron chi connectivity index (χ1n) is 8.72. The number of aliphatic hydroxyl groups is 1. The van der Waals surface area contributed by atoms with Crippen molar-refractivity contribution in [2.45, 2.75) is 26.2 Å². The molecule has 0 bridgehead atoms. The fraction of sp³-hybridized carbons (Fsp3) is 0.556. The molecular weight excluding hydrogens is 320 g/mol. The second-order valence-electron chi connectivity index (χ2n) is 6.47. The second-order valence-corrected chi connectivity index (χ2v) is 6.47. The zero-order chi connectivity index (χ0) is 17.5. The van der Waals surface area contributed by atoms with E-state index < -0.39 is 6.10 Å². The molecule has 0 spiro atoms. The van der Waals surface area contributed by atoms with Crippen LogP contribution in [0, 0.1) is 6.92 Å². The van der Waals surface area contributed by atoms with Crippen LogP contribution in [-0.2, 0) is 17.9 Å². The van der Waals surface area contributed by atoms with Crippen LogP contribution in [0.2, 0.25) is 0 Å². The van der Waals surface area contributed by atoms with Crippen molar-refractivity contribution in [3.05, 3.63) is 47.6 Å². The monoisotopic (exact) mass is 346 g/mol. The number of aromatic nitrogens is 2. The van der Waals surface area contributed by atoms with Gasteiger partial charge in [-0.3, -0.25) is 9.80 Å². The Balaban J connectivity index is 1.31. The summed E-state index contributed by atoms with van der Waals surface area (Å²) in [7, 11) is 0. The number of hydrogen-bond donors (Lipinski definition) is 1. The van der Waals surface area contributed by atoms with Gasteiger partial charge in [0.05, 0.1) is 25.9 Å². The first kappa shape index (κ1) is 18.0. The number of nitrogens with zero attached hydrogens (tertiary/aromatic N) is 4. The summed E-state index contributed by atoms with van der Waals surface area (Å²) in [6, 6.07) is 10.0. The Morgan fingerprint density at radius 2 is 1.88 bits per heavy atom. The Kier molecular flexibility index (Phi) is 6.52. The third-order valence-corrected chi connectivity index (χ3v) is 4.28. The first-order valence-corrected chi connectivity index (χ1v) is 8.72. The molecule has 0 radical (unpaired) electrons. The van der Waals surface area contributed by atoms with Crippen LogP contribution in [0.3, 0.4) is 0 Å². The fourth-order valence-electron chi connectivity index (χ4n) is 2.96. The molecule has 0 unspecified atom stereocenters. The van der Waals surface area contributed by atoms with Gasteiger partial charge in [0.15, 0.2) is 5.82 Å². The lowest BCUT2D eigenvalue weighted by molar-refractivity contribution is 0.000262. The summed E-state index contributed by atoms with van der Waals surface area (Å²) >= 11 is 0. The largest absolute Gasteiger partial charge is 0.389 e. The lowest BCUT2D eigenvalue weighted by atomic mass is 10.2. The van der Waals surface area contributed by atoms with Crippen LogP contribution >= 0.6 is 0 Å². The van der Waals surface area contributed by atoms with Crippen LogP contribution in [0.15, 0.2) is 34.9 Å². The average Bonchev–Trinajstić information content (AvgIpc) is 3.02. The zero-order valence-corrected chi connectivity index (χ0v) is 14.7. The molecule has 7 nitrogen and oxygen atoms in total. The minimum atomic E-state index is -0.464. The van der Waals surface area contributed by atoms with Gasteiger partial charge in [-0.25, -0.2) is 0 Å². The Bertz CT molecular complexity index is 626. The molecule has 2 heterocycles. The zero-order valence-electron chi connectivity index (χ0n) is 14.7. The van der Waals surface area contributed by atoms with Crippen molar-refractivity contribution in [1.82, 2.24) is 19.9 Å². The number of ether oxygens (including phenoxy) is 1. The molecule has 1 aromatic heterocycles. The van der Waals surface area contributed by atoms with Gasteiger partial charge in [-0.15, -0.1) is 0 Å². The van der Waals surface area contributed by atoms with Crippen molar-refractivity contribution in [2.24, 2.45) is 0 Å². The highest BCUT2D eigenvalue weighted by Gasteiger charge is 2.20. The number of rotatable bonds is 8. The van der Waals surface area contributed by atoms with Gasteiger partial charge in [-0.1, -0.05) is 35.5 Å². The Labute approximate surface area is 148 Å². The highest BCUT2D eigenvalue weighted by molar-refractivity contribution is 5.13. The lowest BCUT2D eigenvalue weighted by Crippen LogP contribution is -2.48. The topological polar surface area (TPSA) is 74.9 Å². The van der Waals surface area contributed by atoms with E-state index in [9.17, 15) is 5.11 Å². The Morgan fingerprint density at radius 3 is 2.56 bits per heavy atom. The van der Waals surface area contributed by atoms with Crippen LogP contribution in [0.5, 0.6) is 0 Å². The molecule has 1 atom stereocenters. The van der Waals surface area contributed by atoms with Gasteiger partial charge >= 0.3 is 0 Å². The highest BCUT2D eigenvalue weighted by atomic mass is 16.5. The molecule has 1 aromatic carbocycles. The molecule has 1 aliphatic heterocycles. The molecule has 1 N–H and O–H groups in total. The quantitative estimate of drug-likeness (QED) is 0.766. The van der Waals surface area contributed by atoms with Crippen molar-refractivity contribution in [1.29, 1.82) is 0 Å². The predicted molar refractivity (Wildman–Crippen MR) is 92.9 cm³/mol. The summed E-state index contributed by atoms with van der Waals surface area (Å²) < 4.78 is 10.8. The third kappa shape index (κ3) is 5.89. The number of β-amino-alcohol motifs (C(OH)–C–C–N with tert-alkyl or cyclic N) is 1. The Hall–Kier alpha value is -1.80. The smallest absolute Gasteiger partial charge is 0.240 e. The van der Waals surface area contributed by atoms with Gasteiger partial charge < -0.3 is 14.4 Å². The molecule has 1 fully saturated rings. The molecule has 0 saturated carbocycles. The van der Waals surface area contributed by atoms with E-state index in [0.29, 0.717) is 38.0 Å². The van der Waals surface area contributed by atoms with Crippen molar-refractivity contribution < 1.29 is 14.4 Å². The summed E-state index contributed by atoms with van der Waals surface area (Å²) in [6.07, 6.45) is -0.464. The van der Waals surface area contributed by atoms with Crippen molar-refractivity contribution in [3.63, 3.8) is 0 Å². The summed E-state index contributed by atoms with van der Waals surface area (Å²) in [5.74, 6) is 1.34. The number of aliphatic hydroxyl groups excluding tert-OH is 1. The minimum Gasteiger partial charge on any atom is -0.389 e. The van der Waals surface area contributed by atoms with Crippen LogP contribution in [-0.4, -0.2) is 70.5 Å². The standard InChI is InChI=1S/C18H26N4O3/c1-15-19-18(25-20-15)12-22-9-7-21(8-10-22)11-17(23)14-24-13-16-5-3-2-4-6-16/h2-6,17,23H,7-14H2,1H3/t17-/m1/s1. The van der Waals surface area contributed by atoms with Gasteiger partial charge in [0.1, 0.15) is 0 Å². The van der Waals surface area contributed by atoms with E-state index in [1.54, 1.807) is 0 Å². The van der Waals surface area contributed by atoms with Crippen LogP contribution in [0.25, 0.3) is 0 Å². The molecule has 0 aliphatic carbocycles. The van der Waals surface area contributed by atoms with E-state index in [2.05, 4.69) is 19.9 Å². The van der Waals surface area contributed by atoms with Gasteiger partial charge in [0.25, 0.3) is 0 Å². The maximum absolute atomic E-state index is 10.2. The maximum Gasteiger partial charge on any atom is 0.240 e. The number of hydrogen-bond acceptors (Lipinski definition) is 7. The summed E-state index contributed by atoms with van der Waals surface area (Å²) in [4.78, 5) is 8.80. The van der Waals surface area contributed by atoms with Crippen LogP contribution in [0.4, 0.5) is 0 Å². The molecule has 25 heavy (non-hydrogen) atoms. The predicted octanol–water partition coefficient (Wildman–Crippen LogP) is 1.07. The normalized spacial score (nSPS) is 17.7. The minimum absolute atomic E-state index is 0.358. The van der Waals surface area contributed by atoms with Crippen LogP contribution < -0.4 is 0 Å². The summed E-state index contributed by atoms with van der Waals surface area (Å²) in [5, 5.41) is 14.0. The second kappa shape index (κ2) is 9.05. The fourth-order valence-corrected chi connectivity index (χ4v) is 2.96. The van der Waals surface area contributed by atoms with Crippen molar-refractivity contribution >= 4 is 0 Å². The highest BCUT2D eigenvalue weighted by Crippen LogP contribution is 2.08. The first-order chi connectivity index (χ1) is 12.2. The summed E-state index contributed by atoms with van der Waals surface area (Å²) in [5.41, 5.74) is 1.12. The molecule has 7 heteroatoms. The van der Waals surface area contributed by atoms with Gasteiger partial charge in [0, 0.05) is 32.7 Å². The van der Waals surface area contributed by atoms with E-state index in [1.165, 1.54) is 0 Å². The number of aryl methyl sites for hydroxylation is 1. The van der Waals surface area contributed by atoms with E-state index in [1.807, 2.05) is 37.3 Å². The number of piperazine rings is 1. The van der Waals surface area contributed by atoms with Gasteiger partial charge in [-0.05, 0) is 12.5 Å². The molecule has 1 aliphatic rings. The van der Waals surface area contributed by atoms with Gasteiger partial charge in [-0.2, -0.15) is 4.98 Å². The molecule has 3 rings (SSSR count). The molecule has 136 valence electrons. The lowest BCUT2D eigenvalue weighted by Gasteiger charge is -2.34. The van der Waals surface area contributed by atoms with E-state index in [4.69, 9.17) is 9.26 Å². The SMILES string of the molecule is Cc1noc(CN2CCN(C[C@@H](O)COCc3ccccc3)CC2)n1. The molecular formula is C18H26N4O3. The van der Waals surface area contributed by atoms with E-state index in [-0.39, 0.29) is 0 Å². The third-order valence-electron chi connectivity index (χ3n) is 4.28. The van der Waals surface area contributed by atoms with Crippen LogP contribution in [0.1, 0.15) is 17.3 Å². The average molecular weight is 346 g/mol. The number of benzene rings is 1.